The summed E-state index contributed by atoms with van der Waals surface area (Å²) in [4.78, 5) is 29.8. The van der Waals surface area contributed by atoms with Gasteiger partial charge in [0.2, 0.25) is 0 Å². The van der Waals surface area contributed by atoms with E-state index in [0.717, 1.165) is 22.5 Å². The molecule has 2 aromatic carbocycles. The molecule has 2 heterocycles. The molecule has 4 aromatic rings. The van der Waals surface area contributed by atoms with E-state index < -0.39 is 11.9 Å². The highest BCUT2D eigenvalue weighted by atomic mass is 32.1. The smallest absolute Gasteiger partial charge is 0.350 e. The first kappa shape index (κ1) is 20.4. The average molecular weight is 433 g/mol. The Morgan fingerprint density at radius 3 is 2.48 bits per heavy atom. The molecule has 0 saturated heterocycles. The van der Waals surface area contributed by atoms with Crippen molar-refractivity contribution in [1.82, 2.24) is 20.0 Å². The van der Waals surface area contributed by atoms with Crippen LogP contribution in [0.1, 0.15) is 32.6 Å². The number of nitrogens with one attached hydrogen (secondary N) is 1. The number of carbonyl (C=O) groups is 2. The van der Waals surface area contributed by atoms with E-state index in [1.165, 1.54) is 0 Å². The minimum absolute atomic E-state index is 0.157. The summed E-state index contributed by atoms with van der Waals surface area (Å²) in [7, 11) is 0. The molecule has 1 N–H and O–H groups in total. The van der Waals surface area contributed by atoms with Gasteiger partial charge in [-0.3, -0.25) is 10.1 Å². The summed E-state index contributed by atoms with van der Waals surface area (Å²) in [5.74, 6) is -0.934. The molecule has 1 amide bonds. The lowest BCUT2D eigenvalue weighted by atomic mass is 10.1. The van der Waals surface area contributed by atoms with E-state index in [2.05, 4.69) is 20.6 Å². The molecular weight excluding hydrogens is 414 g/mol. The van der Waals surface area contributed by atoms with Crippen LogP contribution in [0, 0.1) is 0 Å². The highest BCUT2D eigenvalue weighted by Gasteiger charge is 2.22. The lowest BCUT2D eigenvalue weighted by molar-refractivity contribution is 0.0532. The summed E-state index contributed by atoms with van der Waals surface area (Å²) in [6.45, 7) is 2.49. The van der Waals surface area contributed by atoms with Crippen LogP contribution in [-0.4, -0.2) is 38.5 Å². The van der Waals surface area contributed by atoms with E-state index in [9.17, 15) is 9.59 Å². The number of thiazole rings is 1. The monoisotopic (exact) mass is 433 g/mol. The average Bonchev–Trinajstić information content (AvgIpc) is 3.43. The Labute approximate surface area is 182 Å². The topological polar surface area (TPSA) is 99.0 Å². The van der Waals surface area contributed by atoms with Gasteiger partial charge in [0, 0.05) is 5.56 Å². The van der Waals surface area contributed by atoms with Gasteiger partial charge in [-0.2, -0.15) is 0 Å². The van der Waals surface area contributed by atoms with Crippen molar-refractivity contribution >= 4 is 28.3 Å². The van der Waals surface area contributed by atoms with Crippen LogP contribution in [0.2, 0.25) is 0 Å². The number of carbonyl (C=O) groups excluding carboxylic acids is 2. The van der Waals surface area contributed by atoms with Crippen molar-refractivity contribution in [2.75, 3.05) is 11.9 Å². The van der Waals surface area contributed by atoms with Crippen LogP contribution in [0.15, 0.2) is 66.9 Å². The molecule has 2 aromatic heterocycles. The third-order valence-electron chi connectivity index (χ3n) is 4.31. The van der Waals surface area contributed by atoms with Gasteiger partial charge in [0.05, 0.1) is 25.0 Å². The SMILES string of the molecule is CCOC(=O)c1sc(NC(=O)c2cn(Cc3ccccc3)nn2)nc1-c1ccccc1. The van der Waals surface area contributed by atoms with Gasteiger partial charge in [-0.05, 0) is 12.5 Å². The van der Waals surface area contributed by atoms with Crippen molar-refractivity contribution in [3.63, 3.8) is 0 Å². The van der Waals surface area contributed by atoms with Crippen LogP contribution in [0.4, 0.5) is 5.13 Å². The quantitative estimate of drug-likeness (QED) is 0.444. The maximum atomic E-state index is 12.7. The van der Waals surface area contributed by atoms with Crippen LogP contribution >= 0.6 is 11.3 Å². The highest BCUT2D eigenvalue weighted by Crippen LogP contribution is 2.32. The number of anilines is 1. The largest absolute Gasteiger partial charge is 0.462 e. The Bertz CT molecular complexity index is 1190. The van der Waals surface area contributed by atoms with Gasteiger partial charge in [0.25, 0.3) is 5.91 Å². The molecule has 0 bridgehead atoms. The summed E-state index contributed by atoms with van der Waals surface area (Å²) in [5.41, 5.74) is 2.43. The van der Waals surface area contributed by atoms with Gasteiger partial charge >= 0.3 is 5.97 Å². The first-order valence-electron chi connectivity index (χ1n) is 9.63. The number of hydrogen-bond acceptors (Lipinski definition) is 7. The van der Waals surface area contributed by atoms with Crippen molar-refractivity contribution in [2.24, 2.45) is 0 Å². The number of aromatic nitrogens is 4. The number of rotatable bonds is 7. The van der Waals surface area contributed by atoms with E-state index in [4.69, 9.17) is 4.74 Å². The molecule has 31 heavy (non-hydrogen) atoms. The normalized spacial score (nSPS) is 10.6. The Morgan fingerprint density at radius 1 is 1.06 bits per heavy atom. The van der Waals surface area contributed by atoms with E-state index in [1.807, 2.05) is 60.7 Å². The standard InChI is InChI=1S/C22H19N5O3S/c1-2-30-21(29)19-18(16-11-7-4-8-12-16)23-22(31-19)24-20(28)17-14-27(26-25-17)13-15-9-5-3-6-10-15/h3-12,14H,2,13H2,1H3,(H,23,24,28). The van der Waals surface area contributed by atoms with Crippen molar-refractivity contribution in [3.8, 4) is 11.3 Å². The Balaban J connectivity index is 1.54. The molecule has 0 aliphatic carbocycles. The molecular formula is C22H19N5O3S. The van der Waals surface area contributed by atoms with Gasteiger partial charge in [-0.1, -0.05) is 77.2 Å². The fourth-order valence-corrected chi connectivity index (χ4v) is 3.79. The summed E-state index contributed by atoms with van der Waals surface area (Å²) >= 11 is 1.06. The first-order valence-corrected chi connectivity index (χ1v) is 10.4. The maximum Gasteiger partial charge on any atom is 0.350 e. The Hall–Kier alpha value is -3.85. The molecule has 0 atom stereocenters. The summed E-state index contributed by atoms with van der Waals surface area (Å²) in [6, 6.07) is 19.0. The van der Waals surface area contributed by atoms with Crippen LogP contribution < -0.4 is 5.32 Å². The third-order valence-corrected chi connectivity index (χ3v) is 5.27. The molecule has 0 fully saturated rings. The van der Waals surface area contributed by atoms with Crippen molar-refractivity contribution in [1.29, 1.82) is 0 Å². The van der Waals surface area contributed by atoms with E-state index in [-0.39, 0.29) is 17.4 Å². The third kappa shape index (κ3) is 4.84. The zero-order chi connectivity index (χ0) is 21.6. The summed E-state index contributed by atoms with van der Waals surface area (Å²) < 4.78 is 6.73. The molecule has 0 aliphatic rings. The molecule has 0 radical (unpaired) electrons. The number of nitrogens with zero attached hydrogens (tertiary/aromatic N) is 4. The minimum Gasteiger partial charge on any atom is -0.462 e. The minimum atomic E-state index is -0.479. The number of hydrogen-bond donors (Lipinski definition) is 1. The zero-order valence-electron chi connectivity index (χ0n) is 16.7. The first-order chi connectivity index (χ1) is 15.1. The highest BCUT2D eigenvalue weighted by molar-refractivity contribution is 7.18. The van der Waals surface area contributed by atoms with Gasteiger partial charge in [0.15, 0.2) is 10.8 Å². The van der Waals surface area contributed by atoms with E-state index in [0.29, 0.717) is 17.1 Å². The van der Waals surface area contributed by atoms with Crippen LogP contribution in [0.5, 0.6) is 0 Å². The second-order valence-electron chi connectivity index (χ2n) is 6.52. The van der Waals surface area contributed by atoms with Gasteiger partial charge in [0.1, 0.15) is 4.88 Å². The molecule has 0 unspecified atom stereocenters. The maximum absolute atomic E-state index is 12.7. The van der Waals surface area contributed by atoms with Crippen LogP contribution in [0.25, 0.3) is 11.3 Å². The number of esters is 1. The molecule has 9 heteroatoms. The van der Waals surface area contributed by atoms with Crippen molar-refractivity contribution in [2.45, 2.75) is 13.5 Å². The van der Waals surface area contributed by atoms with E-state index in [1.54, 1.807) is 17.8 Å². The second kappa shape index (κ2) is 9.31. The molecule has 8 nitrogen and oxygen atoms in total. The van der Waals surface area contributed by atoms with Crippen LogP contribution in [-0.2, 0) is 11.3 Å². The Kier molecular flexibility index (Phi) is 6.13. The lowest BCUT2D eigenvalue weighted by Crippen LogP contribution is -2.12. The summed E-state index contributed by atoms with van der Waals surface area (Å²) in [6.07, 6.45) is 1.57. The van der Waals surface area contributed by atoms with Gasteiger partial charge in [-0.25, -0.2) is 14.5 Å². The fraction of sp³-hybridized carbons (Fsp3) is 0.136. The Morgan fingerprint density at radius 2 is 1.77 bits per heavy atom. The van der Waals surface area contributed by atoms with Gasteiger partial charge < -0.3 is 4.74 Å². The molecule has 0 aliphatic heterocycles. The second-order valence-corrected chi connectivity index (χ2v) is 7.52. The van der Waals surface area contributed by atoms with Gasteiger partial charge in [-0.15, -0.1) is 5.10 Å². The predicted molar refractivity (Wildman–Crippen MR) is 117 cm³/mol. The van der Waals surface area contributed by atoms with Crippen LogP contribution in [0.3, 0.4) is 0 Å². The van der Waals surface area contributed by atoms with Crippen molar-refractivity contribution < 1.29 is 14.3 Å². The number of amides is 1. The van der Waals surface area contributed by atoms with E-state index >= 15 is 0 Å². The van der Waals surface area contributed by atoms with Crippen molar-refractivity contribution in [3.05, 3.63) is 83.0 Å². The number of ether oxygens (including phenoxy) is 1. The number of benzene rings is 2. The lowest BCUT2D eigenvalue weighted by Gasteiger charge is -2.01. The predicted octanol–water partition coefficient (Wildman–Crippen LogP) is 3.88. The molecule has 4 rings (SSSR count). The summed E-state index contributed by atoms with van der Waals surface area (Å²) in [5, 5.41) is 10.9. The molecule has 0 saturated carbocycles. The zero-order valence-corrected chi connectivity index (χ0v) is 17.5. The molecule has 156 valence electrons. The molecule has 0 spiro atoms. The fourth-order valence-electron chi connectivity index (χ4n) is 2.91.